The smallest absolute Gasteiger partial charge is 0.400 e. The zero-order chi connectivity index (χ0) is 27.5. The molecule has 0 saturated heterocycles. The molecule has 2 aromatic rings. The highest BCUT2D eigenvalue weighted by Crippen LogP contribution is 2.44. The van der Waals surface area contributed by atoms with Crippen molar-refractivity contribution >= 4 is 22.0 Å². The molecule has 0 unspecified atom stereocenters. The zero-order valence-corrected chi connectivity index (χ0v) is 22.4. The van der Waals surface area contributed by atoms with E-state index in [1.54, 1.807) is 64.1 Å². The van der Waals surface area contributed by atoms with Crippen LogP contribution in [0.5, 0.6) is 11.5 Å². The van der Waals surface area contributed by atoms with Gasteiger partial charge < -0.3 is 20.9 Å². The number of hydrogen-bond donors (Lipinski definition) is 2. The first kappa shape index (κ1) is 27.2. The normalized spacial score (nSPS) is 25.7. The lowest BCUT2D eigenvalue weighted by Gasteiger charge is -2.44. The summed E-state index contributed by atoms with van der Waals surface area (Å²) in [7, 11) is -4.70. The highest BCUT2D eigenvalue weighted by molar-refractivity contribution is 7.81. The van der Waals surface area contributed by atoms with Crippen LogP contribution in [0, 0.1) is 0 Å². The summed E-state index contributed by atoms with van der Waals surface area (Å²) in [5, 5.41) is 0. The SMILES string of the molecule is CC(=O)c1ccc2c(c1)[C@H](N)[C@H](OS(=O)(=O)O[C@H]1[C@@H](N)c3cc(C(C)=O)ccc3OC1(C)C)C(C)(C)O2. The molecular formula is C26H32N2O8S. The second-order valence-corrected chi connectivity index (χ2v) is 11.7. The molecule has 2 heterocycles. The molecule has 0 aliphatic carbocycles. The van der Waals surface area contributed by atoms with Gasteiger partial charge in [0.15, 0.2) is 11.6 Å². The molecule has 0 bridgehead atoms. The van der Waals surface area contributed by atoms with Crippen LogP contribution in [0.1, 0.15) is 85.5 Å². The van der Waals surface area contributed by atoms with Crippen molar-refractivity contribution in [2.75, 3.05) is 0 Å². The van der Waals surface area contributed by atoms with Gasteiger partial charge in [-0.1, -0.05) is 0 Å². The van der Waals surface area contributed by atoms with Crippen LogP contribution in [0.4, 0.5) is 0 Å². The third kappa shape index (κ3) is 5.14. The van der Waals surface area contributed by atoms with Crippen LogP contribution in [-0.4, -0.2) is 43.4 Å². The van der Waals surface area contributed by atoms with Crippen molar-refractivity contribution < 1.29 is 35.8 Å². The highest BCUT2D eigenvalue weighted by atomic mass is 32.3. The Bertz CT molecular complexity index is 1270. The summed E-state index contributed by atoms with van der Waals surface area (Å²) in [6, 6.07) is 7.74. The van der Waals surface area contributed by atoms with Gasteiger partial charge in [-0.25, -0.2) is 8.37 Å². The number of rotatable bonds is 6. The molecule has 2 aliphatic heterocycles. The van der Waals surface area contributed by atoms with Gasteiger partial charge in [0.2, 0.25) is 0 Å². The van der Waals surface area contributed by atoms with Crippen molar-refractivity contribution in [3.63, 3.8) is 0 Å². The summed E-state index contributed by atoms with van der Waals surface area (Å²) in [5.41, 5.74) is 12.3. The Labute approximate surface area is 216 Å². The molecule has 4 rings (SSSR count). The van der Waals surface area contributed by atoms with Crippen LogP contribution in [0.2, 0.25) is 0 Å². The molecule has 0 radical (unpaired) electrons. The molecule has 2 aromatic carbocycles. The lowest BCUT2D eigenvalue weighted by atomic mass is 9.86. The summed E-state index contributed by atoms with van der Waals surface area (Å²) in [6.07, 6.45) is -2.37. The van der Waals surface area contributed by atoms with E-state index >= 15 is 0 Å². The number of ketones is 2. The highest BCUT2D eigenvalue weighted by Gasteiger charge is 2.50. The third-order valence-corrected chi connectivity index (χ3v) is 7.65. The van der Waals surface area contributed by atoms with Crippen molar-refractivity contribution in [1.29, 1.82) is 0 Å². The Balaban J connectivity index is 1.63. The molecule has 0 amide bonds. The van der Waals surface area contributed by atoms with Crippen molar-refractivity contribution in [3.05, 3.63) is 58.7 Å². The largest absolute Gasteiger partial charge is 0.485 e. The van der Waals surface area contributed by atoms with E-state index < -0.39 is 45.9 Å². The minimum atomic E-state index is -4.70. The lowest BCUT2D eigenvalue weighted by Crippen LogP contribution is -2.56. The maximum atomic E-state index is 13.2. The molecule has 2 aliphatic rings. The number of Topliss-reactive ketones (excluding diaryl/α,β-unsaturated/α-hetero) is 2. The molecule has 200 valence electrons. The van der Waals surface area contributed by atoms with E-state index in [2.05, 4.69) is 0 Å². The molecule has 0 spiro atoms. The van der Waals surface area contributed by atoms with Crippen molar-refractivity contribution in [1.82, 2.24) is 0 Å². The van der Waals surface area contributed by atoms with Crippen LogP contribution in [-0.2, 0) is 18.8 Å². The van der Waals surface area contributed by atoms with E-state index in [-0.39, 0.29) is 11.6 Å². The molecular weight excluding hydrogens is 500 g/mol. The number of nitrogens with two attached hydrogens (primary N) is 2. The Kier molecular flexibility index (Phi) is 6.75. The molecule has 0 saturated carbocycles. The second kappa shape index (κ2) is 9.17. The van der Waals surface area contributed by atoms with Crippen molar-refractivity contribution in [3.8, 4) is 11.5 Å². The summed E-state index contributed by atoms with van der Waals surface area (Å²) >= 11 is 0. The Morgan fingerprint density at radius 3 is 1.43 bits per heavy atom. The first-order valence-electron chi connectivity index (χ1n) is 11.8. The summed E-state index contributed by atoms with van der Waals surface area (Å²) in [4.78, 5) is 23.7. The Morgan fingerprint density at radius 2 is 1.11 bits per heavy atom. The summed E-state index contributed by atoms with van der Waals surface area (Å²) in [6.45, 7) is 9.42. The van der Waals surface area contributed by atoms with E-state index in [1.165, 1.54) is 13.8 Å². The number of fused-ring (bicyclic) bond motifs is 2. The first-order valence-corrected chi connectivity index (χ1v) is 13.2. The van der Waals surface area contributed by atoms with Gasteiger partial charge in [0, 0.05) is 22.3 Å². The molecule has 4 N–H and O–H groups in total. The molecule has 0 aromatic heterocycles. The predicted molar refractivity (Wildman–Crippen MR) is 135 cm³/mol. The average Bonchev–Trinajstić information content (AvgIpc) is 2.78. The van der Waals surface area contributed by atoms with Gasteiger partial charge in [-0.3, -0.25) is 9.59 Å². The third-order valence-electron chi connectivity index (χ3n) is 6.76. The van der Waals surface area contributed by atoms with Crippen molar-refractivity contribution in [2.45, 2.75) is 77.0 Å². The quantitative estimate of drug-likeness (QED) is 0.530. The lowest BCUT2D eigenvalue weighted by molar-refractivity contribution is -0.0708. The second-order valence-electron chi connectivity index (χ2n) is 10.5. The van der Waals surface area contributed by atoms with E-state index in [9.17, 15) is 18.0 Å². The van der Waals surface area contributed by atoms with E-state index in [0.717, 1.165) is 0 Å². The van der Waals surface area contributed by atoms with Crippen LogP contribution >= 0.6 is 0 Å². The fraction of sp³-hybridized carbons (Fsp3) is 0.462. The van der Waals surface area contributed by atoms with E-state index in [0.29, 0.717) is 33.8 Å². The van der Waals surface area contributed by atoms with Crippen molar-refractivity contribution in [2.24, 2.45) is 11.5 Å². The topological polar surface area (TPSA) is 157 Å². The minimum Gasteiger partial charge on any atom is -0.485 e. The monoisotopic (exact) mass is 532 g/mol. The number of benzene rings is 2. The van der Waals surface area contributed by atoms with Gasteiger partial charge in [0.25, 0.3) is 0 Å². The molecule has 11 heteroatoms. The minimum absolute atomic E-state index is 0.171. The Morgan fingerprint density at radius 1 is 0.757 bits per heavy atom. The fourth-order valence-corrected chi connectivity index (χ4v) is 6.00. The summed E-state index contributed by atoms with van der Waals surface area (Å²) < 4.78 is 49.5. The van der Waals surface area contributed by atoms with Gasteiger partial charge in [0.1, 0.15) is 34.9 Å². The molecule has 10 nitrogen and oxygen atoms in total. The van der Waals surface area contributed by atoms with E-state index in [1.807, 2.05) is 0 Å². The van der Waals surface area contributed by atoms with Crippen LogP contribution in [0.25, 0.3) is 0 Å². The molecule has 37 heavy (non-hydrogen) atoms. The first-order chi connectivity index (χ1) is 17.0. The zero-order valence-electron chi connectivity index (χ0n) is 21.6. The van der Waals surface area contributed by atoms with Gasteiger partial charge in [-0.05, 0) is 77.9 Å². The number of ether oxygens (including phenoxy) is 2. The van der Waals surface area contributed by atoms with Gasteiger partial charge >= 0.3 is 10.4 Å². The van der Waals surface area contributed by atoms with Crippen LogP contribution in [0.3, 0.4) is 0 Å². The number of hydrogen-bond acceptors (Lipinski definition) is 10. The van der Waals surface area contributed by atoms with Gasteiger partial charge in [-0.2, -0.15) is 8.42 Å². The van der Waals surface area contributed by atoms with Gasteiger partial charge in [0.05, 0.1) is 12.1 Å². The Hall–Kier alpha value is -2.83. The summed E-state index contributed by atoms with van der Waals surface area (Å²) in [5.74, 6) is 0.523. The van der Waals surface area contributed by atoms with Crippen LogP contribution < -0.4 is 20.9 Å². The maximum absolute atomic E-state index is 13.2. The van der Waals surface area contributed by atoms with E-state index in [4.69, 9.17) is 29.3 Å². The fourth-order valence-electron chi connectivity index (χ4n) is 4.74. The standard InChI is InChI=1S/C26H32N2O8S/c1-13(29)15-7-9-19-17(11-15)21(27)23(25(3,4)33-19)35-37(31,32)36-24-22(28)18-12-16(14(2)30)8-10-20(18)34-26(24,5)6/h7-12,21-24H,27-28H2,1-6H3/t21-,22-,23-,24-/m0/s1. The number of carbonyl (C=O) groups excluding carboxylic acids is 2. The predicted octanol–water partition coefficient (Wildman–Crippen LogP) is 3.15. The van der Waals surface area contributed by atoms with Crippen LogP contribution in [0.15, 0.2) is 36.4 Å². The molecule has 0 fully saturated rings. The average molecular weight is 533 g/mol. The molecule has 4 atom stereocenters. The number of carbonyl (C=O) groups is 2. The van der Waals surface area contributed by atoms with Gasteiger partial charge in [-0.15, -0.1) is 0 Å². The maximum Gasteiger partial charge on any atom is 0.400 e.